The van der Waals surface area contributed by atoms with Crippen molar-refractivity contribution in [3.63, 3.8) is 0 Å². The van der Waals surface area contributed by atoms with Crippen molar-refractivity contribution in [3.05, 3.63) is 35.0 Å². The Hall–Kier alpha value is -1.95. The minimum absolute atomic E-state index is 0.139. The van der Waals surface area contributed by atoms with Crippen molar-refractivity contribution >= 4 is 33.3 Å². The zero-order valence-electron chi connectivity index (χ0n) is 12.9. The first-order valence-electron chi connectivity index (χ1n) is 7.74. The number of halogens is 1. The summed E-state index contributed by atoms with van der Waals surface area (Å²) in [5.41, 5.74) is 0. The molecule has 1 aromatic carbocycles. The summed E-state index contributed by atoms with van der Waals surface area (Å²) in [6, 6.07) is 6.43. The number of ether oxygens (including phenoxy) is 1. The number of rotatable bonds is 3. The average Bonchev–Trinajstić information content (AvgIpc) is 3.00. The van der Waals surface area contributed by atoms with Gasteiger partial charge in [-0.1, -0.05) is 6.07 Å². The average molecular weight is 335 g/mol. The van der Waals surface area contributed by atoms with Crippen molar-refractivity contribution in [2.45, 2.75) is 19.8 Å². The van der Waals surface area contributed by atoms with Crippen LogP contribution in [0.3, 0.4) is 0 Å². The second-order valence-electron chi connectivity index (χ2n) is 5.60. The van der Waals surface area contributed by atoms with E-state index in [0.717, 1.165) is 17.5 Å². The second-order valence-corrected chi connectivity index (χ2v) is 6.69. The number of thiophene rings is 1. The lowest BCUT2D eigenvalue weighted by Gasteiger charge is -2.31. The predicted molar refractivity (Wildman–Crippen MR) is 87.0 cm³/mol. The Balaban J connectivity index is 1.78. The molecule has 1 atom stereocenters. The first-order valence-corrected chi connectivity index (χ1v) is 8.55. The Morgan fingerprint density at radius 3 is 3.00 bits per heavy atom. The first-order chi connectivity index (χ1) is 11.1. The standard InChI is InChI=1S/C17H18FNO3S/c1-2-22-17(21)11-5-4-8-19(10-11)16(20)15-9-12-13(18)6-3-7-14(12)23-15/h3,6-7,9,11H,2,4-5,8,10H2,1H3. The molecule has 0 radical (unpaired) electrons. The van der Waals surface area contributed by atoms with E-state index in [2.05, 4.69) is 0 Å². The Morgan fingerprint density at radius 2 is 2.26 bits per heavy atom. The van der Waals surface area contributed by atoms with Crippen molar-refractivity contribution in [1.82, 2.24) is 4.90 Å². The minimum Gasteiger partial charge on any atom is -0.466 e. The summed E-state index contributed by atoms with van der Waals surface area (Å²) < 4.78 is 19.6. The van der Waals surface area contributed by atoms with Crippen molar-refractivity contribution in [3.8, 4) is 0 Å². The lowest BCUT2D eigenvalue weighted by molar-refractivity contribution is -0.149. The summed E-state index contributed by atoms with van der Waals surface area (Å²) in [4.78, 5) is 26.7. The maximum atomic E-state index is 13.8. The van der Waals surface area contributed by atoms with Crippen LogP contribution >= 0.6 is 11.3 Å². The third kappa shape index (κ3) is 3.22. The molecule has 2 heterocycles. The van der Waals surface area contributed by atoms with Crippen LogP contribution in [0.5, 0.6) is 0 Å². The fourth-order valence-corrected chi connectivity index (χ4v) is 3.94. The van der Waals surface area contributed by atoms with Crippen LogP contribution in [0, 0.1) is 11.7 Å². The highest BCUT2D eigenvalue weighted by molar-refractivity contribution is 7.20. The van der Waals surface area contributed by atoms with Gasteiger partial charge in [-0.05, 0) is 38.0 Å². The lowest BCUT2D eigenvalue weighted by atomic mass is 9.98. The molecule has 1 aliphatic heterocycles. The van der Waals surface area contributed by atoms with Gasteiger partial charge >= 0.3 is 5.97 Å². The normalized spacial score (nSPS) is 18.2. The van der Waals surface area contributed by atoms with Gasteiger partial charge in [0.25, 0.3) is 5.91 Å². The topological polar surface area (TPSA) is 46.6 Å². The van der Waals surface area contributed by atoms with Crippen LogP contribution < -0.4 is 0 Å². The molecule has 1 aliphatic rings. The molecule has 1 aromatic heterocycles. The van der Waals surface area contributed by atoms with Crippen LogP contribution in [0.25, 0.3) is 10.1 Å². The highest BCUT2D eigenvalue weighted by atomic mass is 32.1. The molecule has 1 fully saturated rings. The largest absolute Gasteiger partial charge is 0.466 e. The molecule has 1 saturated heterocycles. The highest BCUT2D eigenvalue weighted by Gasteiger charge is 2.30. The van der Waals surface area contributed by atoms with Crippen LogP contribution in [-0.2, 0) is 9.53 Å². The zero-order chi connectivity index (χ0) is 16.4. The number of amides is 1. The van der Waals surface area contributed by atoms with E-state index in [0.29, 0.717) is 30.0 Å². The minimum atomic E-state index is -0.319. The molecule has 23 heavy (non-hydrogen) atoms. The summed E-state index contributed by atoms with van der Waals surface area (Å²) in [7, 11) is 0. The second kappa shape index (κ2) is 6.66. The van der Waals surface area contributed by atoms with Crippen molar-refractivity contribution < 1.29 is 18.7 Å². The molecule has 2 aromatic rings. The first kappa shape index (κ1) is 15.9. The van der Waals surface area contributed by atoms with Crippen molar-refractivity contribution in [2.75, 3.05) is 19.7 Å². The quantitative estimate of drug-likeness (QED) is 0.807. The van der Waals surface area contributed by atoms with Crippen molar-refractivity contribution in [2.24, 2.45) is 5.92 Å². The maximum absolute atomic E-state index is 13.8. The molecule has 122 valence electrons. The number of esters is 1. The summed E-state index contributed by atoms with van der Waals surface area (Å²) >= 11 is 1.29. The molecule has 0 saturated carbocycles. The van der Waals surface area contributed by atoms with E-state index in [4.69, 9.17) is 4.74 Å². The van der Waals surface area contributed by atoms with Crippen LogP contribution in [0.1, 0.15) is 29.4 Å². The summed E-state index contributed by atoms with van der Waals surface area (Å²) in [6.07, 6.45) is 1.51. The van der Waals surface area contributed by atoms with E-state index in [1.54, 1.807) is 30.0 Å². The Bertz CT molecular complexity index is 743. The molecule has 1 unspecified atom stereocenters. The highest BCUT2D eigenvalue weighted by Crippen LogP contribution is 2.29. The number of carbonyl (C=O) groups is 2. The van der Waals surface area contributed by atoms with Gasteiger partial charge in [-0.3, -0.25) is 9.59 Å². The third-order valence-electron chi connectivity index (χ3n) is 4.05. The maximum Gasteiger partial charge on any atom is 0.310 e. The van der Waals surface area contributed by atoms with E-state index >= 15 is 0 Å². The van der Waals surface area contributed by atoms with Crippen LogP contribution in [0.15, 0.2) is 24.3 Å². The monoisotopic (exact) mass is 335 g/mol. The molecule has 4 nitrogen and oxygen atoms in total. The number of nitrogens with zero attached hydrogens (tertiary/aromatic N) is 1. The summed E-state index contributed by atoms with van der Waals surface area (Å²) in [5, 5.41) is 0.472. The molecule has 0 spiro atoms. The van der Waals surface area contributed by atoms with E-state index in [9.17, 15) is 14.0 Å². The summed E-state index contributed by atoms with van der Waals surface area (Å²) in [5.74, 6) is -0.966. The van der Waals surface area contributed by atoms with Gasteiger partial charge in [-0.15, -0.1) is 11.3 Å². The lowest BCUT2D eigenvalue weighted by Crippen LogP contribution is -2.42. The SMILES string of the molecule is CCOC(=O)C1CCCN(C(=O)c2cc3c(F)cccc3s2)C1. The van der Waals surface area contributed by atoms with Crippen LogP contribution in [-0.4, -0.2) is 36.5 Å². The Kier molecular flexibility index (Phi) is 4.61. The van der Waals surface area contributed by atoms with E-state index < -0.39 is 0 Å². The van der Waals surface area contributed by atoms with Crippen LogP contribution in [0.2, 0.25) is 0 Å². The number of likely N-dealkylation sites (tertiary alicyclic amines) is 1. The molecule has 6 heteroatoms. The number of carbonyl (C=O) groups excluding carboxylic acids is 2. The van der Waals surface area contributed by atoms with E-state index in [1.807, 2.05) is 0 Å². The Morgan fingerprint density at radius 1 is 1.43 bits per heavy atom. The third-order valence-corrected chi connectivity index (χ3v) is 5.14. The van der Waals surface area contributed by atoms with E-state index in [1.165, 1.54) is 17.4 Å². The van der Waals surface area contributed by atoms with Gasteiger partial charge in [0.15, 0.2) is 0 Å². The van der Waals surface area contributed by atoms with Crippen LogP contribution in [0.4, 0.5) is 4.39 Å². The van der Waals surface area contributed by atoms with Gasteiger partial charge in [-0.25, -0.2) is 4.39 Å². The fraction of sp³-hybridized carbons (Fsp3) is 0.412. The van der Waals surface area contributed by atoms with Gasteiger partial charge in [0.1, 0.15) is 5.82 Å². The number of piperidine rings is 1. The molecule has 0 aliphatic carbocycles. The molecule has 0 bridgehead atoms. The van der Waals surface area contributed by atoms with Gasteiger partial charge in [-0.2, -0.15) is 0 Å². The van der Waals surface area contributed by atoms with Gasteiger partial charge in [0, 0.05) is 23.2 Å². The molecule has 1 amide bonds. The Labute approximate surface area is 137 Å². The van der Waals surface area contributed by atoms with Gasteiger partial charge in [0.05, 0.1) is 17.4 Å². The zero-order valence-corrected chi connectivity index (χ0v) is 13.7. The predicted octanol–water partition coefficient (Wildman–Crippen LogP) is 3.46. The molecule has 0 N–H and O–H groups in total. The van der Waals surface area contributed by atoms with Gasteiger partial charge < -0.3 is 9.64 Å². The molecule has 3 rings (SSSR count). The van der Waals surface area contributed by atoms with Crippen molar-refractivity contribution in [1.29, 1.82) is 0 Å². The smallest absolute Gasteiger partial charge is 0.310 e. The number of hydrogen-bond acceptors (Lipinski definition) is 4. The van der Waals surface area contributed by atoms with Gasteiger partial charge in [0.2, 0.25) is 0 Å². The molecular weight excluding hydrogens is 317 g/mol. The molecular formula is C17H18FNO3S. The number of fused-ring (bicyclic) bond motifs is 1. The van der Waals surface area contributed by atoms with E-state index in [-0.39, 0.29) is 23.6 Å². The number of hydrogen-bond donors (Lipinski definition) is 0. The summed E-state index contributed by atoms with van der Waals surface area (Å²) in [6.45, 7) is 3.11. The number of benzene rings is 1. The fourth-order valence-electron chi connectivity index (χ4n) is 2.90.